The normalized spacial score (nSPS) is 16.2. The van der Waals surface area contributed by atoms with Crippen molar-refractivity contribution in [2.24, 2.45) is 0 Å². The average molecular weight is 701 g/mol. The summed E-state index contributed by atoms with van der Waals surface area (Å²) in [5, 5.41) is 14.1. The van der Waals surface area contributed by atoms with Crippen molar-refractivity contribution < 1.29 is 0 Å². The van der Waals surface area contributed by atoms with Gasteiger partial charge < -0.3 is 0 Å². The van der Waals surface area contributed by atoms with Crippen molar-refractivity contribution in [1.29, 1.82) is 0 Å². The van der Waals surface area contributed by atoms with Crippen LogP contribution in [0, 0.1) is 0 Å². The minimum Gasteiger partial charge on any atom is -0.135 e. The Hall–Kier alpha value is -4.98. The third-order valence-corrected chi connectivity index (χ3v) is 14.2. The predicted molar refractivity (Wildman–Crippen MR) is 232 cm³/mol. The molecule has 8 aromatic carbocycles. The minimum atomic E-state index is 0.641. The molecule has 53 heavy (non-hydrogen) atoms. The van der Waals surface area contributed by atoms with E-state index in [0.29, 0.717) is 11.8 Å². The molecule has 0 atom stereocenters. The zero-order chi connectivity index (χ0) is 34.9. The molecule has 258 valence electrons. The Balaban J connectivity index is 1.09. The van der Waals surface area contributed by atoms with Gasteiger partial charge in [-0.1, -0.05) is 154 Å². The largest absolute Gasteiger partial charge is 0.135 e. The highest BCUT2D eigenvalue weighted by molar-refractivity contribution is 7.25. The van der Waals surface area contributed by atoms with E-state index in [1.165, 1.54) is 150 Å². The molecule has 0 bridgehead atoms. The number of hydrogen-bond acceptors (Lipinski definition) is 1. The Morgan fingerprint density at radius 3 is 1.17 bits per heavy atom. The predicted octanol–water partition coefficient (Wildman–Crippen LogP) is 16.1. The maximum absolute atomic E-state index is 2.49. The number of thiophene rings is 1. The summed E-state index contributed by atoms with van der Waals surface area (Å²) in [5.74, 6) is 1.28. The van der Waals surface area contributed by atoms with E-state index in [-0.39, 0.29) is 0 Å². The molecule has 11 rings (SSSR count). The molecular formula is C52H44S. The van der Waals surface area contributed by atoms with Gasteiger partial charge in [-0.05, 0) is 132 Å². The number of rotatable bonds is 4. The Morgan fingerprint density at radius 2 is 0.717 bits per heavy atom. The first-order valence-electron chi connectivity index (χ1n) is 20.2. The summed E-state index contributed by atoms with van der Waals surface area (Å²) < 4.78 is 2.72. The standard InChI is InChI=1S/C52H44S/c1-3-15-33(16-4-1)49-38-19-7-11-23-42(38)51(43-24-12-8-20-39(43)49)35-28-30-47-46(31-35)37-29-27-36(32-48(37)53-47)52-44-25-13-9-21-40(44)50(34-17-5-2-6-18-34)41-22-10-14-26-45(41)52/h7-14,19-34H,1-6,15-18H2. The molecule has 0 N–H and O–H groups in total. The van der Waals surface area contributed by atoms with E-state index in [2.05, 4.69) is 133 Å². The second-order valence-corrected chi connectivity index (χ2v) is 17.0. The van der Waals surface area contributed by atoms with E-state index in [4.69, 9.17) is 0 Å². The van der Waals surface area contributed by atoms with Gasteiger partial charge in [0.15, 0.2) is 0 Å². The second kappa shape index (κ2) is 12.9. The molecule has 0 unspecified atom stereocenters. The van der Waals surface area contributed by atoms with Gasteiger partial charge in [-0.3, -0.25) is 0 Å². The van der Waals surface area contributed by atoms with Crippen molar-refractivity contribution in [3.05, 3.63) is 145 Å². The molecule has 0 nitrogen and oxygen atoms in total. The third-order valence-electron chi connectivity index (χ3n) is 13.0. The SMILES string of the molecule is c1ccc2c(C3CCCCC3)c3ccccc3c(-c3ccc4c(c3)sc3ccc(-c5c6ccccc6c(C6CCCCC6)c6ccccc56)cc34)c2c1. The van der Waals surface area contributed by atoms with Crippen LogP contribution in [-0.4, -0.2) is 0 Å². The molecule has 0 amide bonds. The van der Waals surface area contributed by atoms with Crippen LogP contribution in [0.1, 0.15) is 87.2 Å². The highest BCUT2D eigenvalue weighted by atomic mass is 32.1. The lowest BCUT2D eigenvalue weighted by molar-refractivity contribution is 0.447. The topological polar surface area (TPSA) is 0 Å². The zero-order valence-electron chi connectivity index (χ0n) is 30.3. The molecule has 0 aliphatic heterocycles. The van der Waals surface area contributed by atoms with Crippen LogP contribution in [0.2, 0.25) is 0 Å². The van der Waals surface area contributed by atoms with Gasteiger partial charge in [0.1, 0.15) is 0 Å². The van der Waals surface area contributed by atoms with Crippen LogP contribution in [0.5, 0.6) is 0 Å². The fraction of sp³-hybridized carbons (Fsp3) is 0.231. The van der Waals surface area contributed by atoms with Gasteiger partial charge in [0.05, 0.1) is 0 Å². The summed E-state index contributed by atoms with van der Waals surface area (Å²) in [4.78, 5) is 0. The van der Waals surface area contributed by atoms with E-state index < -0.39 is 0 Å². The van der Waals surface area contributed by atoms with Gasteiger partial charge in [-0.25, -0.2) is 0 Å². The van der Waals surface area contributed by atoms with Crippen molar-refractivity contribution in [2.45, 2.75) is 76.0 Å². The summed E-state index contributed by atoms with van der Waals surface area (Å²) in [6.45, 7) is 0. The monoisotopic (exact) mass is 700 g/mol. The summed E-state index contributed by atoms with van der Waals surface area (Å²) in [6.07, 6.45) is 13.3. The molecule has 1 heterocycles. The molecule has 0 spiro atoms. The Morgan fingerprint density at radius 1 is 0.321 bits per heavy atom. The minimum absolute atomic E-state index is 0.641. The Kier molecular flexibility index (Phi) is 7.65. The number of fused-ring (bicyclic) bond motifs is 7. The highest BCUT2D eigenvalue weighted by Crippen LogP contribution is 2.49. The van der Waals surface area contributed by atoms with E-state index in [1.54, 1.807) is 11.1 Å². The van der Waals surface area contributed by atoms with Gasteiger partial charge in [-0.2, -0.15) is 0 Å². The first-order valence-corrected chi connectivity index (χ1v) is 21.0. The van der Waals surface area contributed by atoms with E-state index in [1.807, 2.05) is 11.3 Å². The Labute approximate surface area is 316 Å². The van der Waals surface area contributed by atoms with Gasteiger partial charge in [0.25, 0.3) is 0 Å². The fourth-order valence-electron chi connectivity index (χ4n) is 10.7. The van der Waals surface area contributed by atoms with Crippen LogP contribution < -0.4 is 0 Å². The van der Waals surface area contributed by atoms with Crippen LogP contribution >= 0.6 is 11.3 Å². The van der Waals surface area contributed by atoms with Crippen LogP contribution in [0.15, 0.2) is 133 Å². The first kappa shape index (κ1) is 31.5. The molecule has 0 saturated heterocycles. The fourth-order valence-corrected chi connectivity index (χ4v) is 11.8. The quantitative estimate of drug-likeness (QED) is 0.160. The van der Waals surface area contributed by atoms with E-state index in [9.17, 15) is 0 Å². The second-order valence-electron chi connectivity index (χ2n) is 16.0. The van der Waals surface area contributed by atoms with Crippen LogP contribution in [0.25, 0.3) is 85.5 Å². The van der Waals surface area contributed by atoms with Crippen LogP contribution in [0.4, 0.5) is 0 Å². The number of hydrogen-bond donors (Lipinski definition) is 0. The highest BCUT2D eigenvalue weighted by Gasteiger charge is 2.25. The van der Waals surface area contributed by atoms with Gasteiger partial charge in [0, 0.05) is 20.2 Å². The molecule has 9 aromatic rings. The summed E-state index contributed by atoms with van der Waals surface area (Å²) in [7, 11) is 0. The van der Waals surface area contributed by atoms with Crippen molar-refractivity contribution >= 4 is 74.6 Å². The molecular weight excluding hydrogens is 657 g/mol. The molecule has 2 fully saturated rings. The van der Waals surface area contributed by atoms with Crippen molar-refractivity contribution in [3.8, 4) is 22.3 Å². The molecule has 0 radical (unpaired) electrons. The first-order chi connectivity index (χ1) is 26.3. The lowest BCUT2D eigenvalue weighted by atomic mass is 9.78. The average Bonchev–Trinajstić information content (AvgIpc) is 3.59. The maximum Gasteiger partial charge on any atom is 0.0361 e. The zero-order valence-corrected chi connectivity index (χ0v) is 31.2. The third kappa shape index (κ3) is 5.08. The maximum atomic E-state index is 2.49. The van der Waals surface area contributed by atoms with Crippen LogP contribution in [0.3, 0.4) is 0 Å². The van der Waals surface area contributed by atoms with Gasteiger partial charge >= 0.3 is 0 Å². The van der Waals surface area contributed by atoms with Gasteiger partial charge in [-0.15, -0.1) is 11.3 Å². The van der Waals surface area contributed by atoms with Gasteiger partial charge in [0.2, 0.25) is 0 Å². The molecule has 2 aliphatic rings. The van der Waals surface area contributed by atoms with Crippen molar-refractivity contribution in [2.75, 3.05) is 0 Å². The summed E-state index contributed by atoms with van der Waals surface area (Å²) in [5.41, 5.74) is 8.57. The van der Waals surface area contributed by atoms with E-state index >= 15 is 0 Å². The van der Waals surface area contributed by atoms with Crippen molar-refractivity contribution in [3.63, 3.8) is 0 Å². The lowest BCUT2D eigenvalue weighted by Gasteiger charge is -2.26. The number of benzene rings is 8. The van der Waals surface area contributed by atoms with Crippen molar-refractivity contribution in [1.82, 2.24) is 0 Å². The lowest BCUT2D eigenvalue weighted by Crippen LogP contribution is -2.06. The smallest absolute Gasteiger partial charge is 0.0361 e. The molecule has 1 heteroatoms. The Bertz CT molecular complexity index is 2740. The summed E-state index contributed by atoms with van der Waals surface area (Å²) >= 11 is 1.94. The van der Waals surface area contributed by atoms with E-state index in [0.717, 1.165) is 0 Å². The molecule has 2 saturated carbocycles. The van der Waals surface area contributed by atoms with Crippen LogP contribution in [-0.2, 0) is 0 Å². The molecule has 2 aliphatic carbocycles. The summed E-state index contributed by atoms with van der Waals surface area (Å²) in [6, 6.07) is 51.6. The molecule has 1 aromatic heterocycles.